The number of aliphatic hydroxyl groups excluding tert-OH is 1. The molecule has 18 heavy (non-hydrogen) atoms. The topological polar surface area (TPSA) is 42.4 Å². The number of aromatic nitrogens is 1. The van der Waals surface area contributed by atoms with Crippen molar-refractivity contribution in [2.24, 2.45) is 0 Å². The maximum Gasteiger partial charge on any atom is 0.165 e. The molecule has 2 rings (SSSR count). The van der Waals surface area contributed by atoms with Gasteiger partial charge in [-0.15, -0.1) is 0 Å². The van der Waals surface area contributed by atoms with Crippen LogP contribution in [0.4, 0.5) is 4.39 Å². The molecule has 3 nitrogen and oxygen atoms in total. The van der Waals surface area contributed by atoms with Gasteiger partial charge in [0, 0.05) is 5.56 Å². The molecule has 1 heterocycles. The van der Waals surface area contributed by atoms with Gasteiger partial charge in [-0.2, -0.15) is 0 Å². The molecule has 0 saturated heterocycles. The van der Waals surface area contributed by atoms with E-state index in [1.54, 1.807) is 37.3 Å². The highest BCUT2D eigenvalue weighted by Crippen LogP contribution is 2.25. The van der Waals surface area contributed by atoms with Crippen LogP contribution in [0, 0.1) is 5.82 Å². The van der Waals surface area contributed by atoms with Gasteiger partial charge < -0.3 is 9.84 Å². The number of aliphatic hydroxyl groups is 1. The summed E-state index contributed by atoms with van der Waals surface area (Å²) in [6.45, 7) is 1.64. The maximum absolute atomic E-state index is 13.6. The fraction of sp³-hybridized carbons (Fsp3) is 0.214. The average molecular weight is 247 g/mol. The number of rotatable bonds is 3. The molecule has 0 bridgehead atoms. The Morgan fingerprint density at radius 3 is 2.67 bits per heavy atom. The zero-order valence-corrected chi connectivity index (χ0v) is 10.2. The summed E-state index contributed by atoms with van der Waals surface area (Å²) in [6, 6.07) is 9.94. The first-order chi connectivity index (χ1) is 8.61. The molecule has 0 aliphatic rings. The van der Waals surface area contributed by atoms with Gasteiger partial charge in [-0.3, -0.25) is 4.98 Å². The second-order valence-electron chi connectivity index (χ2n) is 3.97. The van der Waals surface area contributed by atoms with Crippen molar-refractivity contribution in [1.82, 2.24) is 4.98 Å². The monoisotopic (exact) mass is 247 g/mol. The van der Waals surface area contributed by atoms with Gasteiger partial charge in [-0.25, -0.2) is 4.39 Å². The molecule has 2 aromatic rings. The van der Waals surface area contributed by atoms with Crippen molar-refractivity contribution >= 4 is 0 Å². The molecule has 0 radical (unpaired) electrons. The van der Waals surface area contributed by atoms with Crippen molar-refractivity contribution in [2.45, 2.75) is 13.0 Å². The Morgan fingerprint density at radius 1 is 1.28 bits per heavy atom. The third kappa shape index (κ3) is 2.49. The maximum atomic E-state index is 13.6. The van der Waals surface area contributed by atoms with Gasteiger partial charge in [0.15, 0.2) is 11.6 Å². The SMILES string of the molecule is COc1ccc(-c2cccc([C@@H](C)O)n2)cc1F. The quantitative estimate of drug-likeness (QED) is 0.906. The number of benzene rings is 1. The van der Waals surface area contributed by atoms with Crippen molar-refractivity contribution in [3.63, 3.8) is 0 Å². The van der Waals surface area contributed by atoms with E-state index in [9.17, 15) is 9.50 Å². The Morgan fingerprint density at radius 2 is 2.06 bits per heavy atom. The van der Waals surface area contributed by atoms with Gasteiger partial charge in [0.25, 0.3) is 0 Å². The van der Waals surface area contributed by atoms with E-state index in [1.807, 2.05) is 0 Å². The number of ether oxygens (including phenoxy) is 1. The number of nitrogens with zero attached hydrogens (tertiary/aromatic N) is 1. The summed E-state index contributed by atoms with van der Waals surface area (Å²) in [4.78, 5) is 4.28. The molecule has 0 aliphatic heterocycles. The van der Waals surface area contributed by atoms with E-state index in [0.29, 0.717) is 17.0 Å². The van der Waals surface area contributed by atoms with Crippen molar-refractivity contribution in [3.05, 3.63) is 47.9 Å². The highest BCUT2D eigenvalue weighted by molar-refractivity contribution is 5.60. The Labute approximate surface area is 105 Å². The number of methoxy groups -OCH3 is 1. The molecular weight excluding hydrogens is 233 g/mol. The lowest BCUT2D eigenvalue weighted by atomic mass is 10.1. The van der Waals surface area contributed by atoms with Crippen molar-refractivity contribution in [3.8, 4) is 17.0 Å². The van der Waals surface area contributed by atoms with Crippen LogP contribution in [0.1, 0.15) is 18.7 Å². The first-order valence-corrected chi connectivity index (χ1v) is 5.60. The van der Waals surface area contributed by atoms with Crippen LogP contribution < -0.4 is 4.74 Å². The third-order valence-corrected chi connectivity index (χ3v) is 2.65. The van der Waals surface area contributed by atoms with Crippen LogP contribution in [0.2, 0.25) is 0 Å². The Hall–Kier alpha value is -1.94. The summed E-state index contributed by atoms with van der Waals surface area (Å²) in [6.07, 6.45) is -0.645. The predicted octanol–water partition coefficient (Wildman–Crippen LogP) is 2.95. The molecular formula is C14H14FNO2. The lowest BCUT2D eigenvalue weighted by Crippen LogP contribution is -1.97. The molecule has 1 aromatic carbocycles. The number of halogens is 1. The molecule has 0 spiro atoms. The summed E-state index contributed by atoms with van der Waals surface area (Å²) in [5, 5.41) is 9.48. The summed E-state index contributed by atoms with van der Waals surface area (Å²) < 4.78 is 18.5. The Balaban J connectivity index is 2.42. The molecule has 0 fully saturated rings. The minimum atomic E-state index is -0.645. The molecule has 1 atom stereocenters. The van der Waals surface area contributed by atoms with Crippen molar-refractivity contribution in [2.75, 3.05) is 7.11 Å². The standard InChI is InChI=1S/C14H14FNO2/c1-9(17)12-4-3-5-13(16-12)10-6-7-14(18-2)11(15)8-10/h3-9,17H,1-2H3/t9-/m1/s1. The van der Waals surface area contributed by atoms with Crippen LogP contribution in [0.3, 0.4) is 0 Å². The molecule has 4 heteroatoms. The number of pyridine rings is 1. The van der Waals surface area contributed by atoms with Crippen LogP contribution in [-0.4, -0.2) is 17.2 Å². The highest BCUT2D eigenvalue weighted by Gasteiger charge is 2.08. The fourth-order valence-electron chi connectivity index (χ4n) is 1.67. The zero-order chi connectivity index (χ0) is 13.1. The van der Waals surface area contributed by atoms with Crippen LogP contribution in [0.25, 0.3) is 11.3 Å². The van der Waals surface area contributed by atoms with E-state index in [4.69, 9.17) is 4.74 Å². The molecule has 1 aromatic heterocycles. The molecule has 0 amide bonds. The van der Waals surface area contributed by atoms with Gasteiger partial charge >= 0.3 is 0 Å². The van der Waals surface area contributed by atoms with E-state index in [1.165, 1.54) is 13.2 Å². The predicted molar refractivity (Wildman–Crippen MR) is 66.8 cm³/mol. The molecule has 1 N–H and O–H groups in total. The Bertz CT molecular complexity index is 555. The minimum absolute atomic E-state index is 0.199. The zero-order valence-electron chi connectivity index (χ0n) is 10.2. The van der Waals surface area contributed by atoms with Crippen LogP contribution in [0.15, 0.2) is 36.4 Å². The summed E-state index contributed by atoms with van der Waals surface area (Å²) in [7, 11) is 1.42. The van der Waals surface area contributed by atoms with Gasteiger partial charge in [-0.1, -0.05) is 6.07 Å². The first kappa shape index (κ1) is 12.5. The van der Waals surface area contributed by atoms with E-state index < -0.39 is 11.9 Å². The third-order valence-electron chi connectivity index (χ3n) is 2.65. The van der Waals surface area contributed by atoms with E-state index in [-0.39, 0.29) is 5.75 Å². The molecule has 0 aliphatic carbocycles. The number of hydrogen-bond donors (Lipinski definition) is 1. The lowest BCUT2D eigenvalue weighted by Gasteiger charge is -2.08. The highest BCUT2D eigenvalue weighted by atomic mass is 19.1. The van der Waals surface area contributed by atoms with Gasteiger partial charge in [0.2, 0.25) is 0 Å². The Kier molecular flexibility index (Phi) is 3.58. The molecule has 0 saturated carbocycles. The average Bonchev–Trinajstić information content (AvgIpc) is 2.38. The van der Waals surface area contributed by atoms with Crippen molar-refractivity contribution in [1.29, 1.82) is 0 Å². The van der Waals surface area contributed by atoms with Crippen LogP contribution >= 0.6 is 0 Å². The molecule has 94 valence electrons. The second kappa shape index (κ2) is 5.14. The fourth-order valence-corrected chi connectivity index (χ4v) is 1.67. The smallest absolute Gasteiger partial charge is 0.165 e. The molecule has 0 unspecified atom stereocenters. The van der Waals surface area contributed by atoms with E-state index >= 15 is 0 Å². The van der Waals surface area contributed by atoms with Crippen LogP contribution in [0.5, 0.6) is 5.75 Å². The summed E-state index contributed by atoms with van der Waals surface area (Å²) in [5.74, 6) is -0.232. The van der Waals surface area contributed by atoms with Gasteiger partial charge in [0.1, 0.15) is 0 Å². The van der Waals surface area contributed by atoms with Crippen LogP contribution in [-0.2, 0) is 0 Å². The van der Waals surface area contributed by atoms with E-state index in [0.717, 1.165) is 0 Å². The first-order valence-electron chi connectivity index (χ1n) is 5.60. The summed E-state index contributed by atoms with van der Waals surface area (Å²) in [5.41, 5.74) is 1.83. The minimum Gasteiger partial charge on any atom is -0.494 e. The van der Waals surface area contributed by atoms with Gasteiger partial charge in [0.05, 0.1) is 24.6 Å². The van der Waals surface area contributed by atoms with Gasteiger partial charge in [-0.05, 0) is 37.3 Å². The van der Waals surface area contributed by atoms with Crippen molar-refractivity contribution < 1.29 is 14.2 Å². The summed E-state index contributed by atoms with van der Waals surface area (Å²) >= 11 is 0. The second-order valence-corrected chi connectivity index (χ2v) is 3.97. The van der Waals surface area contributed by atoms with E-state index in [2.05, 4.69) is 4.98 Å². The lowest BCUT2D eigenvalue weighted by molar-refractivity contribution is 0.194. The normalized spacial score (nSPS) is 12.2. The number of hydrogen-bond acceptors (Lipinski definition) is 3. The largest absolute Gasteiger partial charge is 0.494 e.